The van der Waals surface area contributed by atoms with Crippen molar-refractivity contribution in [1.82, 2.24) is 15.1 Å². The molecule has 1 aromatic rings. The Morgan fingerprint density at radius 2 is 1.87 bits per heavy atom. The highest BCUT2D eigenvalue weighted by molar-refractivity contribution is 14.0. The largest absolute Gasteiger partial charge is 0.368 e. The Morgan fingerprint density at radius 3 is 2.43 bits per heavy atom. The van der Waals surface area contributed by atoms with Crippen molar-refractivity contribution >= 4 is 35.8 Å². The molecule has 2 heterocycles. The molecule has 1 atom stereocenters. The Morgan fingerprint density at radius 1 is 1.20 bits per heavy atom. The smallest absolute Gasteiger partial charge is 0.251 e. The van der Waals surface area contributed by atoms with Gasteiger partial charge < -0.3 is 19.9 Å². The van der Waals surface area contributed by atoms with E-state index in [0.717, 1.165) is 51.3 Å². The van der Waals surface area contributed by atoms with Crippen LogP contribution >= 0.6 is 24.0 Å². The predicted octanol–water partition coefficient (Wildman–Crippen LogP) is 2.76. The second-order valence-electron chi connectivity index (χ2n) is 8.27. The summed E-state index contributed by atoms with van der Waals surface area (Å²) in [6.07, 6.45) is 3.75. The molecule has 0 radical (unpaired) electrons. The van der Waals surface area contributed by atoms with E-state index in [2.05, 4.69) is 17.1 Å². The van der Waals surface area contributed by atoms with Gasteiger partial charge in [-0.05, 0) is 50.3 Å². The molecule has 2 aliphatic heterocycles. The van der Waals surface area contributed by atoms with Crippen LogP contribution in [0.2, 0.25) is 0 Å². The molecule has 3 aliphatic rings. The van der Waals surface area contributed by atoms with Crippen molar-refractivity contribution in [3.63, 3.8) is 0 Å². The lowest BCUT2D eigenvalue weighted by Gasteiger charge is -2.37. The van der Waals surface area contributed by atoms with Crippen molar-refractivity contribution < 1.29 is 13.9 Å². The second kappa shape index (κ2) is 10.3. The lowest BCUT2D eigenvalue weighted by atomic mass is 9.96. The number of guanidine groups is 1. The molecule has 30 heavy (non-hydrogen) atoms. The summed E-state index contributed by atoms with van der Waals surface area (Å²) in [6, 6.07) is 6.85. The van der Waals surface area contributed by atoms with E-state index in [1.165, 1.54) is 17.7 Å². The van der Waals surface area contributed by atoms with Gasteiger partial charge in [0.2, 0.25) is 0 Å². The summed E-state index contributed by atoms with van der Waals surface area (Å²) >= 11 is 0. The third-order valence-corrected chi connectivity index (χ3v) is 6.27. The molecule has 0 bridgehead atoms. The standard InChI is InChI=1S/C22H31FN4O2.HI/c1-2-24-21(25-16-22(9-10-22)17-5-7-18(23)8-6-17)27-13-11-26(12-14-27)20(28)19-4-3-15-29-19;/h5-8,19H,2-4,9-16H2,1H3,(H,24,25);1H. The van der Waals surface area contributed by atoms with Gasteiger partial charge in [0, 0.05) is 44.7 Å². The Bertz CT molecular complexity index is 740. The molecule has 2 saturated heterocycles. The zero-order valence-corrected chi connectivity index (χ0v) is 19.9. The highest BCUT2D eigenvalue weighted by Gasteiger charge is 2.44. The van der Waals surface area contributed by atoms with Crippen LogP contribution in [0.3, 0.4) is 0 Å². The van der Waals surface area contributed by atoms with Gasteiger partial charge >= 0.3 is 0 Å². The van der Waals surface area contributed by atoms with Crippen LogP contribution in [-0.2, 0) is 14.9 Å². The highest BCUT2D eigenvalue weighted by Crippen LogP contribution is 2.48. The van der Waals surface area contributed by atoms with Crippen LogP contribution in [0, 0.1) is 5.82 Å². The molecule has 3 fully saturated rings. The minimum atomic E-state index is -0.242. The SMILES string of the molecule is CCNC(=NCC1(c2ccc(F)cc2)CC1)N1CCN(C(=O)C2CCCO2)CC1.I. The number of halogens is 2. The summed E-state index contributed by atoms with van der Waals surface area (Å²) in [5.41, 5.74) is 1.22. The fraction of sp³-hybridized carbons (Fsp3) is 0.636. The number of amides is 1. The number of aliphatic imine (C=N–C) groups is 1. The summed E-state index contributed by atoms with van der Waals surface area (Å²) in [7, 11) is 0. The van der Waals surface area contributed by atoms with Gasteiger partial charge in [-0.2, -0.15) is 0 Å². The molecule has 1 N–H and O–H groups in total. The van der Waals surface area contributed by atoms with E-state index in [-0.39, 0.29) is 47.2 Å². The summed E-state index contributed by atoms with van der Waals surface area (Å²) in [4.78, 5) is 21.7. The normalized spacial score (nSPS) is 23.1. The number of carbonyl (C=O) groups is 1. The van der Waals surface area contributed by atoms with Gasteiger partial charge in [0.1, 0.15) is 11.9 Å². The van der Waals surface area contributed by atoms with Gasteiger partial charge in [-0.25, -0.2) is 4.39 Å². The number of nitrogens with zero attached hydrogens (tertiary/aromatic N) is 3. The van der Waals surface area contributed by atoms with E-state index in [9.17, 15) is 9.18 Å². The first kappa shape index (κ1) is 23.2. The quantitative estimate of drug-likeness (QED) is 0.362. The molecule has 1 unspecified atom stereocenters. The van der Waals surface area contributed by atoms with Gasteiger partial charge in [-0.1, -0.05) is 12.1 Å². The van der Waals surface area contributed by atoms with Crippen molar-refractivity contribution in [3.8, 4) is 0 Å². The molecule has 4 rings (SSSR count). The topological polar surface area (TPSA) is 57.2 Å². The van der Waals surface area contributed by atoms with Crippen LogP contribution in [0.15, 0.2) is 29.3 Å². The van der Waals surface area contributed by atoms with Crippen molar-refractivity contribution in [3.05, 3.63) is 35.6 Å². The fourth-order valence-electron chi connectivity index (χ4n) is 4.26. The summed E-state index contributed by atoms with van der Waals surface area (Å²) in [5, 5.41) is 3.40. The van der Waals surface area contributed by atoms with Crippen LogP contribution in [0.4, 0.5) is 4.39 Å². The molecule has 1 aliphatic carbocycles. The summed E-state index contributed by atoms with van der Waals surface area (Å²) in [5.74, 6) is 0.847. The van der Waals surface area contributed by atoms with E-state index in [1.54, 1.807) is 0 Å². The lowest BCUT2D eigenvalue weighted by Crippen LogP contribution is -2.55. The third kappa shape index (κ3) is 5.25. The molecular weight excluding hydrogens is 498 g/mol. The van der Waals surface area contributed by atoms with Gasteiger partial charge in [-0.15, -0.1) is 24.0 Å². The zero-order valence-electron chi connectivity index (χ0n) is 17.6. The van der Waals surface area contributed by atoms with Crippen LogP contribution in [0.25, 0.3) is 0 Å². The number of benzene rings is 1. The van der Waals surface area contributed by atoms with E-state index < -0.39 is 0 Å². The number of carbonyl (C=O) groups excluding carboxylic acids is 1. The van der Waals surface area contributed by atoms with E-state index in [1.807, 2.05) is 17.0 Å². The molecule has 0 spiro atoms. The predicted molar refractivity (Wildman–Crippen MR) is 126 cm³/mol. The molecule has 6 nitrogen and oxygen atoms in total. The molecule has 1 saturated carbocycles. The van der Waals surface area contributed by atoms with Crippen molar-refractivity contribution in [2.75, 3.05) is 45.9 Å². The minimum Gasteiger partial charge on any atom is -0.368 e. The Labute approximate surface area is 195 Å². The molecular formula is C22H32FIN4O2. The van der Waals surface area contributed by atoms with Gasteiger partial charge in [0.25, 0.3) is 5.91 Å². The maximum Gasteiger partial charge on any atom is 0.251 e. The van der Waals surface area contributed by atoms with Gasteiger partial charge in [0.05, 0.1) is 6.54 Å². The second-order valence-corrected chi connectivity index (χ2v) is 8.27. The van der Waals surface area contributed by atoms with Crippen LogP contribution in [0.1, 0.15) is 38.2 Å². The molecule has 8 heteroatoms. The zero-order chi connectivity index (χ0) is 20.3. The Kier molecular flexibility index (Phi) is 7.95. The monoisotopic (exact) mass is 530 g/mol. The van der Waals surface area contributed by atoms with Crippen LogP contribution < -0.4 is 5.32 Å². The van der Waals surface area contributed by atoms with Crippen molar-refractivity contribution in [2.45, 2.75) is 44.1 Å². The maximum atomic E-state index is 13.3. The Balaban J connectivity index is 0.00000256. The van der Waals surface area contributed by atoms with Crippen LogP contribution in [0.5, 0.6) is 0 Å². The minimum absolute atomic E-state index is 0. The maximum absolute atomic E-state index is 13.3. The average Bonchev–Trinajstić information content (AvgIpc) is 3.33. The third-order valence-electron chi connectivity index (χ3n) is 6.27. The highest BCUT2D eigenvalue weighted by atomic mass is 127. The lowest BCUT2D eigenvalue weighted by molar-refractivity contribution is -0.142. The van der Waals surface area contributed by atoms with Gasteiger partial charge in [0.15, 0.2) is 5.96 Å². The van der Waals surface area contributed by atoms with Gasteiger partial charge in [-0.3, -0.25) is 9.79 Å². The number of piperazine rings is 1. The van der Waals surface area contributed by atoms with E-state index in [0.29, 0.717) is 26.2 Å². The molecule has 166 valence electrons. The number of nitrogens with one attached hydrogen (secondary N) is 1. The Hall–Kier alpha value is -1.42. The van der Waals surface area contributed by atoms with Crippen molar-refractivity contribution in [2.24, 2.45) is 4.99 Å². The molecule has 0 aromatic heterocycles. The van der Waals surface area contributed by atoms with Crippen molar-refractivity contribution in [1.29, 1.82) is 0 Å². The first-order valence-electron chi connectivity index (χ1n) is 10.8. The number of hydrogen-bond donors (Lipinski definition) is 1. The number of ether oxygens (including phenoxy) is 1. The summed E-state index contributed by atoms with van der Waals surface area (Å²) < 4.78 is 18.8. The molecule has 1 amide bonds. The first-order chi connectivity index (χ1) is 14.1. The first-order valence-corrected chi connectivity index (χ1v) is 10.8. The van der Waals surface area contributed by atoms with E-state index in [4.69, 9.17) is 9.73 Å². The molecule has 1 aromatic carbocycles. The van der Waals surface area contributed by atoms with E-state index >= 15 is 0 Å². The number of hydrogen-bond acceptors (Lipinski definition) is 3. The number of rotatable bonds is 5. The average molecular weight is 530 g/mol. The summed E-state index contributed by atoms with van der Waals surface area (Å²) in [6.45, 7) is 7.22. The van der Waals surface area contributed by atoms with Crippen LogP contribution in [-0.4, -0.2) is 73.6 Å². The fourth-order valence-corrected chi connectivity index (χ4v) is 4.26.